The van der Waals surface area contributed by atoms with Crippen LogP contribution in [0.15, 0.2) is 66.7 Å². The normalized spacial score (nSPS) is 18.9. The van der Waals surface area contributed by atoms with Gasteiger partial charge in [-0.05, 0) is 68.8 Å². The Morgan fingerprint density at radius 2 is 1.75 bits per heavy atom. The van der Waals surface area contributed by atoms with Crippen LogP contribution in [0.1, 0.15) is 53.0 Å². The Balaban J connectivity index is 1.31. The highest BCUT2D eigenvalue weighted by Gasteiger charge is 2.36. The molecule has 0 saturated heterocycles. The smallest absolute Gasteiger partial charge is 0.258 e. The summed E-state index contributed by atoms with van der Waals surface area (Å²) in [6.07, 6.45) is 1.40. The van der Waals surface area contributed by atoms with Crippen LogP contribution in [-0.2, 0) is 11.3 Å². The van der Waals surface area contributed by atoms with E-state index >= 15 is 0 Å². The van der Waals surface area contributed by atoms with E-state index in [-0.39, 0.29) is 48.3 Å². The first-order valence-electron chi connectivity index (χ1n) is 15.1. The second-order valence-electron chi connectivity index (χ2n) is 12.0. The molecule has 5 rings (SSSR count). The number of aliphatic hydroxyl groups excluding tert-OH is 1. The highest BCUT2D eigenvalue weighted by molar-refractivity contribution is 6.05. The van der Waals surface area contributed by atoms with Crippen molar-refractivity contribution in [2.24, 2.45) is 11.8 Å². The van der Waals surface area contributed by atoms with Crippen molar-refractivity contribution < 1.29 is 24.2 Å². The minimum atomic E-state index is -0.381. The molecule has 0 bridgehead atoms. The van der Waals surface area contributed by atoms with E-state index in [1.165, 1.54) is 0 Å². The second-order valence-corrected chi connectivity index (χ2v) is 12.0. The van der Waals surface area contributed by atoms with E-state index in [9.17, 15) is 19.5 Å². The van der Waals surface area contributed by atoms with Crippen LogP contribution in [-0.4, -0.2) is 71.5 Å². The number of nitrogens with one attached hydrogen (secondary N) is 2. The van der Waals surface area contributed by atoms with Gasteiger partial charge in [0, 0.05) is 37.0 Å². The zero-order valence-corrected chi connectivity index (χ0v) is 25.5. The van der Waals surface area contributed by atoms with Gasteiger partial charge in [-0.15, -0.1) is 0 Å². The van der Waals surface area contributed by atoms with Gasteiger partial charge in [0.2, 0.25) is 5.91 Å². The molecular weight excluding hydrogens is 558 g/mol. The topological polar surface area (TPSA) is 137 Å². The lowest BCUT2D eigenvalue weighted by atomic mass is 9.98. The lowest BCUT2D eigenvalue weighted by Crippen LogP contribution is -2.49. The maximum Gasteiger partial charge on any atom is 0.258 e. The third-order valence-corrected chi connectivity index (χ3v) is 8.27. The monoisotopic (exact) mass is 599 g/mol. The fraction of sp³-hybridized carbons (Fsp3) is 0.382. The van der Waals surface area contributed by atoms with Crippen molar-refractivity contribution in [1.29, 1.82) is 0 Å². The molecule has 5 N–H and O–H groups in total. The molecular formula is C34H41N5O5. The summed E-state index contributed by atoms with van der Waals surface area (Å²) in [4.78, 5) is 42.9. The van der Waals surface area contributed by atoms with E-state index in [1.54, 1.807) is 47.4 Å². The number of hydrogen-bond donors (Lipinski definition) is 4. The predicted octanol–water partition coefficient (Wildman–Crippen LogP) is 4.22. The Kier molecular flexibility index (Phi) is 9.51. The Morgan fingerprint density at radius 3 is 2.43 bits per heavy atom. The lowest BCUT2D eigenvalue weighted by Gasteiger charge is -2.38. The Labute approximate surface area is 258 Å². The van der Waals surface area contributed by atoms with Crippen molar-refractivity contribution in [3.8, 4) is 5.75 Å². The molecule has 1 fully saturated rings. The van der Waals surface area contributed by atoms with Crippen LogP contribution in [0.25, 0.3) is 0 Å². The third kappa shape index (κ3) is 7.20. The molecule has 10 heteroatoms. The maximum atomic E-state index is 13.7. The minimum absolute atomic E-state index is 0.00388. The average molecular weight is 600 g/mol. The molecule has 2 aliphatic rings. The van der Waals surface area contributed by atoms with E-state index in [0.29, 0.717) is 53.6 Å². The molecule has 1 aliphatic heterocycles. The van der Waals surface area contributed by atoms with Crippen molar-refractivity contribution in [1.82, 2.24) is 9.80 Å². The minimum Gasteiger partial charge on any atom is -0.486 e. The van der Waals surface area contributed by atoms with Gasteiger partial charge in [-0.1, -0.05) is 37.3 Å². The molecule has 232 valence electrons. The van der Waals surface area contributed by atoms with Gasteiger partial charge in [0.05, 0.1) is 35.3 Å². The summed E-state index contributed by atoms with van der Waals surface area (Å²) >= 11 is 0. The first-order chi connectivity index (χ1) is 21.1. The highest BCUT2D eigenvalue weighted by Crippen LogP contribution is 2.37. The number of nitrogens with zero attached hydrogens (tertiary/aromatic N) is 2. The largest absolute Gasteiger partial charge is 0.486 e. The number of rotatable bonds is 10. The summed E-state index contributed by atoms with van der Waals surface area (Å²) in [6.45, 7) is 5.24. The number of ether oxygens (including phenoxy) is 1. The zero-order valence-electron chi connectivity index (χ0n) is 25.5. The lowest BCUT2D eigenvalue weighted by molar-refractivity contribution is -0.117. The molecule has 10 nitrogen and oxygen atoms in total. The molecule has 0 aromatic heterocycles. The average Bonchev–Trinajstić information content (AvgIpc) is 3.86. The summed E-state index contributed by atoms with van der Waals surface area (Å²) in [5.74, 6) is -0.256. The molecule has 44 heavy (non-hydrogen) atoms. The summed E-state index contributed by atoms with van der Waals surface area (Å²) in [6, 6.07) is 19.4. The van der Waals surface area contributed by atoms with Gasteiger partial charge in [-0.2, -0.15) is 0 Å². The van der Waals surface area contributed by atoms with E-state index in [2.05, 4.69) is 15.5 Å². The van der Waals surface area contributed by atoms with Gasteiger partial charge in [-0.3, -0.25) is 19.3 Å². The van der Waals surface area contributed by atoms with Gasteiger partial charge in [0.25, 0.3) is 11.8 Å². The number of hydrogen-bond acceptors (Lipinski definition) is 7. The molecule has 3 atom stereocenters. The Bertz CT molecular complexity index is 1510. The Morgan fingerprint density at radius 1 is 1.05 bits per heavy atom. The quantitative estimate of drug-likeness (QED) is 0.256. The number of aliphatic hydroxyl groups is 1. The summed E-state index contributed by atoms with van der Waals surface area (Å²) in [7, 11) is 1.99. The van der Waals surface area contributed by atoms with Crippen LogP contribution in [0.3, 0.4) is 0 Å². The van der Waals surface area contributed by atoms with E-state index in [0.717, 1.165) is 18.4 Å². The molecule has 0 spiro atoms. The van der Waals surface area contributed by atoms with Crippen LogP contribution in [0.5, 0.6) is 5.75 Å². The number of nitrogen functional groups attached to an aromatic ring is 1. The molecule has 0 radical (unpaired) electrons. The van der Waals surface area contributed by atoms with E-state index in [1.807, 2.05) is 45.2 Å². The number of carbonyl (C=O) groups is 3. The third-order valence-electron chi connectivity index (χ3n) is 8.27. The van der Waals surface area contributed by atoms with Crippen LogP contribution >= 0.6 is 0 Å². The van der Waals surface area contributed by atoms with Crippen LogP contribution in [0.4, 0.5) is 17.1 Å². The molecule has 1 heterocycles. The number of likely N-dealkylation sites (N-methyl/N-ethyl adjacent to an activating group) is 1. The van der Waals surface area contributed by atoms with Gasteiger partial charge < -0.3 is 31.1 Å². The molecule has 3 aromatic carbocycles. The van der Waals surface area contributed by atoms with Crippen LogP contribution in [0, 0.1) is 11.8 Å². The predicted molar refractivity (Wildman–Crippen MR) is 171 cm³/mol. The SMILES string of the molecule is C[C@H]1CN([C@@H](C)CO)C(=O)c2cccc(NC(=O)C3CC3)c2O[C@H]1CN(C)Cc1ccc(C(=O)Nc2ccccc2N)cc1. The summed E-state index contributed by atoms with van der Waals surface area (Å²) in [5, 5.41) is 15.8. The van der Waals surface area contributed by atoms with Gasteiger partial charge in [0.1, 0.15) is 6.10 Å². The summed E-state index contributed by atoms with van der Waals surface area (Å²) in [5.41, 5.74) is 9.42. The van der Waals surface area contributed by atoms with Crippen LogP contribution < -0.4 is 21.1 Å². The van der Waals surface area contributed by atoms with Gasteiger partial charge in [-0.25, -0.2) is 0 Å². The first-order valence-corrected chi connectivity index (χ1v) is 15.1. The zero-order chi connectivity index (χ0) is 31.4. The highest BCUT2D eigenvalue weighted by atomic mass is 16.5. The molecule has 3 amide bonds. The molecule has 3 aromatic rings. The number of benzene rings is 3. The maximum absolute atomic E-state index is 13.7. The van der Waals surface area contributed by atoms with Crippen molar-refractivity contribution in [3.63, 3.8) is 0 Å². The van der Waals surface area contributed by atoms with E-state index < -0.39 is 0 Å². The fourth-order valence-electron chi connectivity index (χ4n) is 5.39. The molecule has 1 aliphatic carbocycles. The number of amides is 3. The number of fused-ring (bicyclic) bond motifs is 1. The van der Waals surface area contributed by atoms with E-state index in [4.69, 9.17) is 10.5 Å². The van der Waals surface area contributed by atoms with Crippen molar-refractivity contribution in [2.75, 3.05) is 43.1 Å². The fourth-order valence-corrected chi connectivity index (χ4v) is 5.39. The first kappa shape index (κ1) is 31.0. The van der Waals surface area contributed by atoms with Gasteiger partial charge in [0.15, 0.2) is 5.75 Å². The van der Waals surface area contributed by atoms with Crippen molar-refractivity contribution in [2.45, 2.75) is 45.4 Å². The number of carbonyl (C=O) groups excluding carboxylic acids is 3. The number of para-hydroxylation sites is 3. The number of nitrogens with two attached hydrogens (primary N) is 1. The standard InChI is InChI=1S/C34H41N5O5/c1-21-17-39(22(2)20-40)34(43)26-7-6-10-29(37-33(42)25-15-16-25)31(26)44-30(21)19-38(3)18-23-11-13-24(14-12-23)32(41)36-28-9-5-4-8-27(28)35/h4-14,21-22,25,30,40H,15-20,35H2,1-3H3,(H,36,41)(H,37,42)/t21-,22-,30-/m0/s1. The molecule has 1 saturated carbocycles. The van der Waals surface area contributed by atoms with Gasteiger partial charge >= 0.3 is 0 Å². The van der Waals surface area contributed by atoms with Crippen molar-refractivity contribution in [3.05, 3.63) is 83.4 Å². The number of anilines is 3. The molecule has 0 unspecified atom stereocenters. The van der Waals surface area contributed by atoms with Crippen LogP contribution in [0.2, 0.25) is 0 Å². The Hall–Kier alpha value is -4.41. The summed E-state index contributed by atoms with van der Waals surface area (Å²) < 4.78 is 6.61. The second kappa shape index (κ2) is 13.5. The van der Waals surface area contributed by atoms with Crippen molar-refractivity contribution >= 4 is 34.8 Å².